The predicted octanol–water partition coefficient (Wildman–Crippen LogP) is 6.72. The molecule has 0 spiro atoms. The fraction of sp³-hybridized carbons (Fsp3) is 0.775. The molecule has 7 unspecified atom stereocenters. The van der Waals surface area contributed by atoms with E-state index in [1.54, 1.807) is 6.08 Å². The third kappa shape index (κ3) is 22.6. The van der Waals surface area contributed by atoms with Gasteiger partial charge < -0.3 is 40.3 Å². The van der Waals surface area contributed by atoms with Crippen LogP contribution in [0, 0.1) is 0 Å². The number of nitrogens with one attached hydrogen (secondary N) is 1. The molecule has 1 aliphatic heterocycles. The van der Waals surface area contributed by atoms with Crippen LogP contribution in [0.2, 0.25) is 0 Å². The van der Waals surface area contributed by atoms with E-state index in [0.717, 1.165) is 77.0 Å². The molecule has 1 rings (SSSR count). The van der Waals surface area contributed by atoms with Crippen LogP contribution in [-0.2, 0) is 14.3 Å². The molecule has 1 heterocycles. The summed E-state index contributed by atoms with van der Waals surface area (Å²) in [5.41, 5.74) is 0. The van der Waals surface area contributed by atoms with E-state index in [-0.39, 0.29) is 12.5 Å². The highest BCUT2D eigenvalue weighted by atomic mass is 16.7. The third-order valence-corrected chi connectivity index (χ3v) is 8.91. The zero-order valence-electron chi connectivity index (χ0n) is 30.7. The molecule has 1 saturated heterocycles. The molecule has 0 radical (unpaired) electrons. The molecule has 9 heteroatoms. The van der Waals surface area contributed by atoms with Gasteiger partial charge in [-0.2, -0.15) is 0 Å². The summed E-state index contributed by atoms with van der Waals surface area (Å²) in [7, 11) is 0. The second-order valence-electron chi connectivity index (χ2n) is 13.3. The van der Waals surface area contributed by atoms with Crippen LogP contribution in [0.5, 0.6) is 0 Å². The van der Waals surface area contributed by atoms with Crippen molar-refractivity contribution in [3.8, 4) is 0 Å². The molecule has 0 aromatic carbocycles. The maximum absolute atomic E-state index is 12.9. The van der Waals surface area contributed by atoms with Crippen molar-refractivity contribution in [1.82, 2.24) is 5.32 Å². The average Bonchev–Trinajstić information content (AvgIpc) is 3.10. The predicted molar refractivity (Wildman–Crippen MR) is 198 cm³/mol. The number of allylic oxidation sites excluding steroid dienone is 7. The molecule has 0 aromatic heterocycles. The first-order chi connectivity index (χ1) is 23.8. The Labute approximate surface area is 297 Å². The van der Waals surface area contributed by atoms with Gasteiger partial charge in [0.25, 0.3) is 0 Å². The van der Waals surface area contributed by atoms with Crippen LogP contribution >= 0.6 is 0 Å². The summed E-state index contributed by atoms with van der Waals surface area (Å²) < 4.78 is 11.1. The Balaban J connectivity index is 2.46. The smallest absolute Gasteiger partial charge is 0.220 e. The first-order valence-corrected chi connectivity index (χ1v) is 19.4. The lowest BCUT2D eigenvalue weighted by atomic mass is 9.99. The third-order valence-electron chi connectivity index (χ3n) is 8.91. The van der Waals surface area contributed by atoms with E-state index in [4.69, 9.17) is 9.47 Å². The summed E-state index contributed by atoms with van der Waals surface area (Å²) in [6, 6.07) is -0.811. The molecular formula is C40H71NO8. The lowest BCUT2D eigenvalue weighted by molar-refractivity contribution is -0.302. The summed E-state index contributed by atoms with van der Waals surface area (Å²) >= 11 is 0. The fourth-order valence-electron chi connectivity index (χ4n) is 5.76. The molecule has 0 aliphatic carbocycles. The number of amides is 1. The van der Waals surface area contributed by atoms with Gasteiger partial charge in [-0.1, -0.05) is 133 Å². The Kier molecular flexibility index (Phi) is 28.5. The van der Waals surface area contributed by atoms with Crippen LogP contribution in [0.4, 0.5) is 0 Å². The number of carbonyl (C=O) groups is 1. The topological polar surface area (TPSA) is 149 Å². The Morgan fingerprint density at radius 2 is 1.27 bits per heavy atom. The number of aliphatic hydroxyl groups excluding tert-OH is 5. The van der Waals surface area contributed by atoms with Crippen molar-refractivity contribution in [2.45, 2.75) is 185 Å². The van der Waals surface area contributed by atoms with Crippen molar-refractivity contribution in [1.29, 1.82) is 0 Å². The summed E-state index contributed by atoms with van der Waals surface area (Å²) in [6.45, 7) is 3.60. The Hall–Kier alpha value is -1.85. The molecule has 0 bridgehead atoms. The van der Waals surface area contributed by atoms with Crippen LogP contribution in [-0.4, -0.2) is 87.5 Å². The Bertz CT molecular complexity index is 905. The van der Waals surface area contributed by atoms with Gasteiger partial charge in [0.1, 0.15) is 24.4 Å². The quantitative estimate of drug-likeness (QED) is 0.0359. The molecule has 0 saturated carbocycles. The van der Waals surface area contributed by atoms with Gasteiger partial charge in [0.2, 0.25) is 5.91 Å². The lowest BCUT2D eigenvalue weighted by Gasteiger charge is -2.40. The van der Waals surface area contributed by atoms with Gasteiger partial charge in [-0.05, 0) is 51.4 Å². The Morgan fingerprint density at radius 3 is 1.88 bits per heavy atom. The van der Waals surface area contributed by atoms with Gasteiger partial charge in [-0.25, -0.2) is 0 Å². The van der Waals surface area contributed by atoms with Crippen LogP contribution in [0.25, 0.3) is 0 Å². The van der Waals surface area contributed by atoms with Crippen LogP contribution in [0.3, 0.4) is 0 Å². The zero-order valence-corrected chi connectivity index (χ0v) is 30.7. The van der Waals surface area contributed by atoms with Crippen molar-refractivity contribution in [2.75, 3.05) is 13.2 Å². The van der Waals surface area contributed by atoms with Crippen LogP contribution in [0.15, 0.2) is 48.6 Å². The minimum Gasteiger partial charge on any atom is -0.394 e. The molecule has 0 aromatic rings. The van der Waals surface area contributed by atoms with Gasteiger partial charge in [-0.15, -0.1) is 0 Å². The summed E-state index contributed by atoms with van der Waals surface area (Å²) in [5, 5.41) is 53.9. The highest BCUT2D eigenvalue weighted by molar-refractivity contribution is 5.76. The number of aliphatic hydroxyl groups is 5. The van der Waals surface area contributed by atoms with Crippen molar-refractivity contribution in [3.05, 3.63) is 48.6 Å². The molecule has 1 amide bonds. The maximum Gasteiger partial charge on any atom is 0.220 e. The van der Waals surface area contributed by atoms with E-state index < -0.39 is 49.5 Å². The molecular weight excluding hydrogens is 622 g/mol. The second kappa shape index (κ2) is 30.9. The van der Waals surface area contributed by atoms with E-state index in [9.17, 15) is 30.3 Å². The van der Waals surface area contributed by atoms with Gasteiger partial charge >= 0.3 is 0 Å². The molecule has 1 fully saturated rings. The summed E-state index contributed by atoms with van der Waals surface area (Å²) in [6.07, 6.45) is 30.1. The molecule has 6 N–H and O–H groups in total. The molecule has 284 valence electrons. The molecule has 1 aliphatic rings. The summed E-state index contributed by atoms with van der Waals surface area (Å²) in [5.74, 6) is -0.199. The first-order valence-electron chi connectivity index (χ1n) is 19.4. The number of ether oxygens (including phenoxy) is 2. The van der Waals surface area contributed by atoms with Gasteiger partial charge in [0, 0.05) is 6.42 Å². The number of hydrogen-bond donors (Lipinski definition) is 6. The van der Waals surface area contributed by atoms with E-state index in [1.165, 1.54) is 44.9 Å². The highest BCUT2D eigenvalue weighted by Crippen LogP contribution is 2.22. The molecule has 9 nitrogen and oxygen atoms in total. The largest absolute Gasteiger partial charge is 0.394 e. The van der Waals surface area contributed by atoms with Crippen LogP contribution in [0.1, 0.15) is 142 Å². The van der Waals surface area contributed by atoms with E-state index >= 15 is 0 Å². The van der Waals surface area contributed by atoms with Gasteiger partial charge in [-0.3, -0.25) is 4.79 Å². The minimum absolute atomic E-state index is 0.197. The number of carbonyl (C=O) groups excluding carboxylic acids is 1. The molecule has 49 heavy (non-hydrogen) atoms. The normalized spacial score (nSPS) is 23.0. The highest BCUT2D eigenvalue weighted by Gasteiger charge is 2.44. The van der Waals surface area contributed by atoms with Crippen LogP contribution < -0.4 is 5.32 Å². The zero-order chi connectivity index (χ0) is 36.0. The molecule has 7 atom stereocenters. The average molecular weight is 694 g/mol. The number of hydrogen-bond acceptors (Lipinski definition) is 8. The maximum atomic E-state index is 12.9. The standard InChI is InChI=1S/C40H71NO8/c1-3-5-7-9-11-13-15-16-17-18-20-22-24-26-28-30-36(44)41-33(32-48-40-39(47)38(46)37(45)35(31-42)49-40)34(43)29-27-25-23-21-19-14-12-10-8-6-4-2/h5,7,11,13,16-17,27,29,33-35,37-40,42-43,45-47H,3-4,6,8-10,12,14-15,18-26,28,30-32H2,1-2H3,(H,41,44)/b7-5-,13-11-,17-16-,29-27+. The lowest BCUT2D eigenvalue weighted by Crippen LogP contribution is -2.60. The van der Waals surface area contributed by atoms with Crippen molar-refractivity contribution in [3.63, 3.8) is 0 Å². The van der Waals surface area contributed by atoms with Crippen molar-refractivity contribution in [2.24, 2.45) is 0 Å². The SMILES string of the molecule is CC/C=C\C/C=C\C/C=C\CCCCCCCC(=O)NC(COC1OC(CO)C(O)C(O)C1O)C(O)/C=C/CCCCCCCCCCC. The van der Waals surface area contributed by atoms with E-state index in [0.29, 0.717) is 6.42 Å². The number of unbranched alkanes of at least 4 members (excludes halogenated alkanes) is 14. The number of rotatable bonds is 30. The van der Waals surface area contributed by atoms with Crippen molar-refractivity contribution < 1.29 is 39.8 Å². The monoisotopic (exact) mass is 694 g/mol. The van der Waals surface area contributed by atoms with E-state index in [1.807, 2.05) is 6.08 Å². The second-order valence-corrected chi connectivity index (χ2v) is 13.3. The fourth-order valence-corrected chi connectivity index (χ4v) is 5.76. The van der Waals surface area contributed by atoms with Gasteiger partial charge in [0.05, 0.1) is 25.4 Å². The van der Waals surface area contributed by atoms with E-state index in [2.05, 4.69) is 55.6 Å². The minimum atomic E-state index is -1.57. The van der Waals surface area contributed by atoms with Crippen molar-refractivity contribution >= 4 is 5.91 Å². The Morgan fingerprint density at radius 1 is 0.714 bits per heavy atom. The first kappa shape index (κ1) is 45.2. The summed E-state index contributed by atoms with van der Waals surface area (Å²) in [4.78, 5) is 12.9. The van der Waals surface area contributed by atoms with Gasteiger partial charge in [0.15, 0.2) is 6.29 Å².